The molecule has 0 aliphatic carbocycles. The molecule has 116 valence electrons. The maximum absolute atomic E-state index is 12.2. The number of carbonyl (C=O) groups is 1. The Kier molecular flexibility index (Phi) is 4.08. The molecular formula is C16H14ClN5O. The van der Waals surface area contributed by atoms with Crippen molar-refractivity contribution in [3.63, 3.8) is 0 Å². The molecule has 2 aromatic heterocycles. The maximum atomic E-state index is 12.2. The molecule has 1 N–H and O–H groups in total. The quantitative estimate of drug-likeness (QED) is 0.802. The third kappa shape index (κ3) is 3.22. The molecule has 0 saturated heterocycles. The lowest BCUT2D eigenvalue weighted by molar-refractivity contribution is 0.102. The van der Waals surface area contributed by atoms with Crippen molar-refractivity contribution < 1.29 is 4.79 Å². The standard InChI is InChI=1S/C16H14ClN5O/c1-10-3-4-12(9-13(10)17)19-16(23)14-5-6-15(21-20-14)22-8-7-18-11(22)2/h3-9H,1-2H3,(H,19,23). The largest absolute Gasteiger partial charge is 0.321 e. The van der Waals surface area contributed by atoms with E-state index in [9.17, 15) is 4.79 Å². The average molecular weight is 328 g/mol. The molecule has 0 saturated carbocycles. The van der Waals surface area contributed by atoms with Crippen molar-refractivity contribution >= 4 is 23.2 Å². The molecule has 2 heterocycles. The fourth-order valence-corrected chi connectivity index (χ4v) is 2.24. The predicted octanol–water partition coefficient (Wildman–Crippen LogP) is 3.18. The molecule has 1 amide bonds. The Morgan fingerprint density at radius 1 is 1.17 bits per heavy atom. The first-order chi connectivity index (χ1) is 11.0. The number of benzene rings is 1. The molecule has 3 rings (SSSR count). The van der Waals surface area contributed by atoms with E-state index >= 15 is 0 Å². The highest BCUT2D eigenvalue weighted by Gasteiger charge is 2.10. The van der Waals surface area contributed by atoms with Crippen LogP contribution in [0.3, 0.4) is 0 Å². The first-order valence-electron chi connectivity index (χ1n) is 6.96. The molecule has 0 fully saturated rings. The van der Waals surface area contributed by atoms with Gasteiger partial charge >= 0.3 is 0 Å². The summed E-state index contributed by atoms with van der Waals surface area (Å²) in [6.07, 6.45) is 3.46. The molecule has 6 nitrogen and oxygen atoms in total. The first kappa shape index (κ1) is 15.2. The molecule has 7 heteroatoms. The lowest BCUT2D eigenvalue weighted by Crippen LogP contribution is -2.15. The maximum Gasteiger partial charge on any atom is 0.276 e. The van der Waals surface area contributed by atoms with Gasteiger partial charge in [0, 0.05) is 23.1 Å². The Hall–Kier alpha value is -2.73. The predicted molar refractivity (Wildman–Crippen MR) is 88.0 cm³/mol. The minimum absolute atomic E-state index is 0.225. The van der Waals surface area contributed by atoms with Crippen LogP contribution in [-0.4, -0.2) is 25.7 Å². The Morgan fingerprint density at radius 3 is 2.61 bits per heavy atom. The van der Waals surface area contributed by atoms with Crippen molar-refractivity contribution in [3.8, 4) is 5.82 Å². The van der Waals surface area contributed by atoms with Gasteiger partial charge in [0.25, 0.3) is 5.91 Å². The summed E-state index contributed by atoms with van der Waals surface area (Å²) in [7, 11) is 0. The van der Waals surface area contributed by atoms with Crippen molar-refractivity contribution in [1.29, 1.82) is 0 Å². The molecule has 0 bridgehead atoms. The van der Waals surface area contributed by atoms with Crippen LogP contribution >= 0.6 is 11.6 Å². The summed E-state index contributed by atoms with van der Waals surface area (Å²) in [5.41, 5.74) is 1.79. The van der Waals surface area contributed by atoms with Crippen LogP contribution in [0.4, 0.5) is 5.69 Å². The Morgan fingerprint density at radius 2 is 2.00 bits per heavy atom. The summed E-state index contributed by atoms with van der Waals surface area (Å²) in [6, 6.07) is 8.67. The van der Waals surface area contributed by atoms with E-state index in [1.54, 1.807) is 41.2 Å². The zero-order valence-corrected chi connectivity index (χ0v) is 13.4. The highest BCUT2D eigenvalue weighted by Crippen LogP contribution is 2.20. The third-order valence-corrected chi connectivity index (χ3v) is 3.79. The van der Waals surface area contributed by atoms with Crippen molar-refractivity contribution in [1.82, 2.24) is 19.7 Å². The number of amides is 1. The SMILES string of the molecule is Cc1ccc(NC(=O)c2ccc(-n3ccnc3C)nn2)cc1Cl. The summed E-state index contributed by atoms with van der Waals surface area (Å²) >= 11 is 6.05. The van der Waals surface area contributed by atoms with Gasteiger partial charge in [-0.05, 0) is 43.7 Å². The molecule has 0 aliphatic rings. The Bertz CT molecular complexity index is 857. The molecule has 0 radical (unpaired) electrons. The van der Waals surface area contributed by atoms with Crippen molar-refractivity contribution in [2.24, 2.45) is 0 Å². The third-order valence-electron chi connectivity index (χ3n) is 3.39. The van der Waals surface area contributed by atoms with Crippen molar-refractivity contribution in [2.75, 3.05) is 5.32 Å². The van der Waals surface area contributed by atoms with Crippen LogP contribution in [0, 0.1) is 13.8 Å². The number of imidazole rings is 1. The van der Waals surface area contributed by atoms with Gasteiger partial charge in [-0.2, -0.15) is 0 Å². The number of hydrogen-bond donors (Lipinski definition) is 1. The van der Waals surface area contributed by atoms with Crippen LogP contribution in [0.25, 0.3) is 5.82 Å². The summed E-state index contributed by atoms with van der Waals surface area (Å²) in [6.45, 7) is 3.76. The van der Waals surface area contributed by atoms with E-state index in [-0.39, 0.29) is 11.6 Å². The van der Waals surface area contributed by atoms with E-state index in [0.29, 0.717) is 16.5 Å². The average Bonchev–Trinajstić information content (AvgIpc) is 2.97. The number of nitrogens with one attached hydrogen (secondary N) is 1. The molecule has 1 aromatic carbocycles. The molecule has 3 aromatic rings. The molecule has 23 heavy (non-hydrogen) atoms. The number of nitrogens with zero attached hydrogens (tertiary/aromatic N) is 4. The van der Waals surface area contributed by atoms with Crippen LogP contribution < -0.4 is 5.32 Å². The molecule has 0 unspecified atom stereocenters. The van der Waals surface area contributed by atoms with Crippen LogP contribution in [0.1, 0.15) is 21.9 Å². The van der Waals surface area contributed by atoms with Crippen LogP contribution in [0.15, 0.2) is 42.7 Å². The van der Waals surface area contributed by atoms with Gasteiger partial charge < -0.3 is 5.32 Å². The van der Waals surface area contributed by atoms with Gasteiger partial charge in [0.2, 0.25) is 0 Å². The number of anilines is 1. The number of aryl methyl sites for hydroxylation is 2. The second-order valence-electron chi connectivity index (χ2n) is 5.04. The van der Waals surface area contributed by atoms with Crippen LogP contribution in [0.5, 0.6) is 0 Å². The van der Waals surface area contributed by atoms with Gasteiger partial charge in [0.05, 0.1) is 0 Å². The van der Waals surface area contributed by atoms with Crippen molar-refractivity contribution in [3.05, 3.63) is 64.8 Å². The van der Waals surface area contributed by atoms with Gasteiger partial charge in [0.1, 0.15) is 5.82 Å². The zero-order chi connectivity index (χ0) is 16.4. The van der Waals surface area contributed by atoms with Gasteiger partial charge in [0.15, 0.2) is 11.5 Å². The highest BCUT2D eigenvalue weighted by atomic mass is 35.5. The Labute approximate surface area is 138 Å². The summed E-state index contributed by atoms with van der Waals surface area (Å²) in [4.78, 5) is 16.3. The summed E-state index contributed by atoms with van der Waals surface area (Å²) in [5, 5.41) is 11.4. The minimum Gasteiger partial charge on any atom is -0.321 e. The topological polar surface area (TPSA) is 72.7 Å². The van der Waals surface area contributed by atoms with E-state index in [2.05, 4.69) is 20.5 Å². The normalized spacial score (nSPS) is 10.6. The van der Waals surface area contributed by atoms with E-state index in [0.717, 1.165) is 11.4 Å². The molecule has 0 atom stereocenters. The molecule has 0 aliphatic heterocycles. The van der Waals surface area contributed by atoms with E-state index in [1.807, 2.05) is 19.9 Å². The lowest BCUT2D eigenvalue weighted by Gasteiger charge is -2.07. The fraction of sp³-hybridized carbons (Fsp3) is 0.125. The molecule has 0 spiro atoms. The van der Waals surface area contributed by atoms with Crippen LogP contribution in [-0.2, 0) is 0 Å². The van der Waals surface area contributed by atoms with Gasteiger partial charge in [-0.3, -0.25) is 9.36 Å². The summed E-state index contributed by atoms with van der Waals surface area (Å²) < 4.78 is 1.79. The first-order valence-corrected chi connectivity index (χ1v) is 7.34. The number of hydrogen-bond acceptors (Lipinski definition) is 4. The van der Waals surface area contributed by atoms with Gasteiger partial charge in [-0.25, -0.2) is 4.98 Å². The Balaban J connectivity index is 1.77. The van der Waals surface area contributed by atoms with E-state index < -0.39 is 0 Å². The minimum atomic E-state index is -0.341. The summed E-state index contributed by atoms with van der Waals surface area (Å²) in [5.74, 6) is 1.06. The van der Waals surface area contributed by atoms with E-state index in [4.69, 9.17) is 11.6 Å². The monoisotopic (exact) mass is 327 g/mol. The number of carbonyl (C=O) groups excluding carboxylic acids is 1. The number of aromatic nitrogens is 4. The van der Waals surface area contributed by atoms with Crippen molar-refractivity contribution in [2.45, 2.75) is 13.8 Å². The van der Waals surface area contributed by atoms with Crippen LogP contribution in [0.2, 0.25) is 5.02 Å². The lowest BCUT2D eigenvalue weighted by atomic mass is 10.2. The zero-order valence-electron chi connectivity index (χ0n) is 12.6. The fourth-order valence-electron chi connectivity index (χ4n) is 2.06. The van der Waals surface area contributed by atoms with Gasteiger partial charge in [-0.15, -0.1) is 10.2 Å². The smallest absolute Gasteiger partial charge is 0.276 e. The number of halogens is 1. The van der Waals surface area contributed by atoms with Gasteiger partial charge in [-0.1, -0.05) is 17.7 Å². The second-order valence-corrected chi connectivity index (χ2v) is 5.45. The highest BCUT2D eigenvalue weighted by molar-refractivity contribution is 6.31. The second kappa shape index (κ2) is 6.18. The molecular weight excluding hydrogens is 314 g/mol. The van der Waals surface area contributed by atoms with E-state index in [1.165, 1.54) is 0 Å². The number of rotatable bonds is 3.